The van der Waals surface area contributed by atoms with Crippen LogP contribution in [0.2, 0.25) is 0 Å². The van der Waals surface area contributed by atoms with Gasteiger partial charge in [-0.2, -0.15) is 0 Å². The highest BCUT2D eigenvalue weighted by atomic mass is 32.1. The molecule has 0 bridgehead atoms. The third-order valence-corrected chi connectivity index (χ3v) is 7.64. The summed E-state index contributed by atoms with van der Waals surface area (Å²) >= 11 is 1.50. The van der Waals surface area contributed by atoms with Crippen molar-refractivity contribution in [3.05, 3.63) is 46.5 Å². The lowest BCUT2D eigenvalue weighted by Crippen LogP contribution is -2.34. The number of nitrogens with one attached hydrogen (secondary N) is 1. The molecule has 3 aromatic rings. The predicted molar refractivity (Wildman–Crippen MR) is 125 cm³/mol. The summed E-state index contributed by atoms with van der Waals surface area (Å²) in [6.07, 6.45) is 3.77. The minimum atomic E-state index is 0.0502. The smallest absolute Gasteiger partial charge is 0.194 e. The molecule has 1 aromatic heterocycles. The molecule has 2 heterocycles. The van der Waals surface area contributed by atoms with Gasteiger partial charge in [-0.3, -0.25) is 4.79 Å². The average Bonchev–Trinajstić information content (AvgIpc) is 3.29. The number of ether oxygens (including phenoxy) is 3. The quantitative estimate of drug-likeness (QED) is 0.536. The van der Waals surface area contributed by atoms with Gasteiger partial charge in [0.25, 0.3) is 0 Å². The molecule has 1 saturated carbocycles. The number of ketones is 1. The van der Waals surface area contributed by atoms with Crippen molar-refractivity contribution in [2.24, 2.45) is 5.92 Å². The molecule has 5 rings (SSSR count). The zero-order valence-electron chi connectivity index (χ0n) is 18.5. The van der Waals surface area contributed by atoms with Gasteiger partial charge in [0, 0.05) is 18.5 Å². The van der Waals surface area contributed by atoms with Crippen LogP contribution in [0.15, 0.2) is 30.3 Å². The summed E-state index contributed by atoms with van der Waals surface area (Å²) in [5.74, 6) is 2.61. The second kappa shape index (κ2) is 9.08. The number of carbonyl (C=O) groups excluding carboxylic acids is 1. The second-order valence-electron chi connectivity index (χ2n) is 8.55. The Hall–Kier alpha value is -2.64. The molecule has 0 saturated heterocycles. The molecule has 32 heavy (non-hydrogen) atoms. The lowest BCUT2D eigenvalue weighted by Gasteiger charge is -2.28. The Labute approximate surface area is 191 Å². The third kappa shape index (κ3) is 4.19. The number of rotatable bonds is 6. The van der Waals surface area contributed by atoms with Crippen LogP contribution in [0.25, 0.3) is 10.2 Å². The van der Waals surface area contributed by atoms with Crippen molar-refractivity contribution in [1.82, 2.24) is 10.3 Å². The van der Waals surface area contributed by atoms with Gasteiger partial charge in [0.15, 0.2) is 22.3 Å². The first-order valence-corrected chi connectivity index (χ1v) is 12.0. The summed E-state index contributed by atoms with van der Waals surface area (Å²) in [4.78, 5) is 17.8. The van der Waals surface area contributed by atoms with Gasteiger partial charge in [-0.25, -0.2) is 4.98 Å². The van der Waals surface area contributed by atoms with Crippen molar-refractivity contribution in [3.63, 3.8) is 0 Å². The van der Waals surface area contributed by atoms with E-state index in [4.69, 9.17) is 14.2 Å². The van der Waals surface area contributed by atoms with Crippen LogP contribution in [0.4, 0.5) is 0 Å². The number of fused-ring (bicyclic) bond motifs is 2. The molecular weight excluding hydrogens is 424 g/mol. The molecule has 1 aliphatic heterocycles. The number of methoxy groups -OCH3 is 1. The van der Waals surface area contributed by atoms with E-state index >= 15 is 0 Å². The van der Waals surface area contributed by atoms with E-state index in [0.717, 1.165) is 65.3 Å². The van der Waals surface area contributed by atoms with Gasteiger partial charge in [0.2, 0.25) is 0 Å². The number of nitrogens with zero attached hydrogens (tertiary/aromatic N) is 1. The number of hydrogen-bond acceptors (Lipinski definition) is 7. The Bertz CT molecular complexity index is 1130. The van der Waals surface area contributed by atoms with E-state index in [0.29, 0.717) is 24.3 Å². The highest BCUT2D eigenvalue weighted by molar-refractivity contribution is 7.20. The summed E-state index contributed by atoms with van der Waals surface area (Å²) in [5, 5.41) is 4.26. The van der Waals surface area contributed by atoms with E-state index in [1.54, 1.807) is 7.11 Å². The molecule has 7 heteroatoms. The van der Waals surface area contributed by atoms with Crippen LogP contribution in [-0.2, 0) is 6.54 Å². The SMILES string of the molecule is COc1ccc(C)c2sc(C(=O)[C@H]3CC[C@H](NCc4ccc5c(c4)OCCO5)CC3)nc12. The molecule has 168 valence electrons. The maximum Gasteiger partial charge on any atom is 0.194 e. The fourth-order valence-corrected chi connectivity index (χ4v) is 5.64. The Morgan fingerprint density at radius 3 is 2.69 bits per heavy atom. The number of carbonyl (C=O) groups is 1. The monoisotopic (exact) mass is 452 g/mol. The summed E-state index contributed by atoms with van der Waals surface area (Å²) in [6.45, 7) is 4.04. The van der Waals surface area contributed by atoms with Gasteiger partial charge in [-0.05, 0) is 61.9 Å². The van der Waals surface area contributed by atoms with Crippen molar-refractivity contribution in [1.29, 1.82) is 0 Å². The highest BCUT2D eigenvalue weighted by Gasteiger charge is 2.29. The van der Waals surface area contributed by atoms with Crippen LogP contribution < -0.4 is 19.5 Å². The topological polar surface area (TPSA) is 69.7 Å². The van der Waals surface area contributed by atoms with Crippen molar-refractivity contribution in [2.75, 3.05) is 20.3 Å². The summed E-state index contributed by atoms with van der Waals surface area (Å²) < 4.78 is 17.8. The zero-order valence-corrected chi connectivity index (χ0v) is 19.3. The van der Waals surface area contributed by atoms with E-state index in [2.05, 4.69) is 22.4 Å². The average molecular weight is 453 g/mol. The van der Waals surface area contributed by atoms with Gasteiger partial charge >= 0.3 is 0 Å². The Kier molecular flexibility index (Phi) is 6.02. The minimum absolute atomic E-state index is 0.0502. The number of thiazole rings is 1. The fourth-order valence-electron chi connectivity index (χ4n) is 4.57. The molecule has 2 aliphatic rings. The first-order chi connectivity index (χ1) is 15.6. The van der Waals surface area contributed by atoms with Crippen LogP contribution in [0.1, 0.15) is 46.6 Å². The number of benzene rings is 2. The van der Waals surface area contributed by atoms with E-state index in [9.17, 15) is 4.79 Å². The van der Waals surface area contributed by atoms with Crippen LogP contribution in [-0.4, -0.2) is 37.1 Å². The van der Waals surface area contributed by atoms with Gasteiger partial charge in [0.1, 0.15) is 24.5 Å². The molecule has 1 fully saturated rings. The summed E-state index contributed by atoms with van der Waals surface area (Å²) in [5.41, 5.74) is 3.12. The first kappa shape index (κ1) is 21.2. The summed E-state index contributed by atoms with van der Waals surface area (Å²) in [6, 6.07) is 10.5. The lowest BCUT2D eigenvalue weighted by molar-refractivity contribution is 0.0879. The van der Waals surface area contributed by atoms with Gasteiger partial charge in [-0.1, -0.05) is 12.1 Å². The van der Waals surface area contributed by atoms with Crippen LogP contribution >= 0.6 is 11.3 Å². The minimum Gasteiger partial charge on any atom is -0.494 e. The van der Waals surface area contributed by atoms with Crippen LogP contribution in [0.5, 0.6) is 17.2 Å². The molecule has 0 amide bonds. The zero-order chi connectivity index (χ0) is 22.1. The molecule has 1 N–H and O–H groups in total. The predicted octanol–water partition coefficient (Wildman–Crippen LogP) is 4.92. The van der Waals surface area contributed by atoms with E-state index < -0.39 is 0 Å². The third-order valence-electron chi connectivity index (χ3n) is 6.43. The van der Waals surface area contributed by atoms with E-state index in [-0.39, 0.29) is 11.7 Å². The standard InChI is InChI=1S/C25H28N2O4S/c1-15-3-9-20(29-2)22-24(15)32-25(27-22)23(28)17-5-7-18(8-6-17)26-14-16-4-10-19-21(13-16)31-12-11-30-19/h3-4,9-10,13,17-18,26H,5-8,11-12,14H2,1-2H3/t17-,18-. The highest BCUT2D eigenvalue weighted by Crippen LogP contribution is 2.36. The molecule has 0 unspecified atom stereocenters. The number of aromatic nitrogens is 1. The summed E-state index contributed by atoms with van der Waals surface area (Å²) in [7, 11) is 1.64. The van der Waals surface area contributed by atoms with Crippen molar-refractivity contribution in [2.45, 2.75) is 45.2 Å². The van der Waals surface area contributed by atoms with Crippen LogP contribution in [0, 0.1) is 12.8 Å². The molecule has 0 atom stereocenters. The van der Waals surface area contributed by atoms with Gasteiger partial charge in [0.05, 0.1) is 11.8 Å². The van der Waals surface area contributed by atoms with Crippen LogP contribution in [0.3, 0.4) is 0 Å². The molecule has 0 spiro atoms. The fraction of sp³-hybridized carbons (Fsp3) is 0.440. The van der Waals surface area contributed by atoms with E-state index in [1.165, 1.54) is 16.9 Å². The van der Waals surface area contributed by atoms with Gasteiger partial charge < -0.3 is 19.5 Å². The Balaban J connectivity index is 1.18. The molecule has 6 nitrogen and oxygen atoms in total. The normalized spacial score (nSPS) is 20.3. The first-order valence-electron chi connectivity index (χ1n) is 11.2. The molecule has 1 aliphatic carbocycles. The Morgan fingerprint density at radius 2 is 1.91 bits per heavy atom. The maximum absolute atomic E-state index is 13.2. The Morgan fingerprint density at radius 1 is 1.12 bits per heavy atom. The van der Waals surface area contributed by atoms with Gasteiger partial charge in [-0.15, -0.1) is 11.3 Å². The maximum atomic E-state index is 13.2. The molecule has 0 radical (unpaired) electrons. The van der Waals surface area contributed by atoms with Crippen molar-refractivity contribution in [3.8, 4) is 17.2 Å². The molecule has 2 aromatic carbocycles. The number of hydrogen-bond donors (Lipinski definition) is 1. The van der Waals surface area contributed by atoms with E-state index in [1.807, 2.05) is 25.1 Å². The number of aryl methyl sites for hydroxylation is 1. The largest absolute Gasteiger partial charge is 0.494 e. The van der Waals surface area contributed by atoms with Crippen molar-refractivity contribution < 1.29 is 19.0 Å². The van der Waals surface area contributed by atoms with Crippen molar-refractivity contribution >= 4 is 27.3 Å². The molecular formula is C25H28N2O4S. The number of Topliss-reactive ketones (excluding diaryl/α,β-unsaturated/α-hetero) is 1. The second-order valence-corrected chi connectivity index (χ2v) is 9.55. The lowest BCUT2D eigenvalue weighted by atomic mass is 9.83.